The summed E-state index contributed by atoms with van der Waals surface area (Å²) in [6.07, 6.45) is 4.37. The molecule has 1 atom stereocenters. The van der Waals surface area contributed by atoms with Gasteiger partial charge in [-0.15, -0.1) is 0 Å². The monoisotopic (exact) mass is 337 g/mol. The van der Waals surface area contributed by atoms with Gasteiger partial charge >= 0.3 is 5.97 Å². The molecule has 0 saturated carbocycles. The molecule has 0 bridgehead atoms. The van der Waals surface area contributed by atoms with Crippen LogP contribution in [-0.2, 0) is 22.9 Å². The predicted molar refractivity (Wildman–Crippen MR) is 78.6 cm³/mol. The van der Waals surface area contributed by atoms with Crippen LogP contribution in [0, 0.1) is 6.92 Å². The van der Waals surface area contributed by atoms with Crippen LogP contribution in [-0.4, -0.2) is 35.5 Å². The smallest absolute Gasteiger partial charge is 0.339 e. The number of aromatic nitrogens is 2. The van der Waals surface area contributed by atoms with E-state index in [4.69, 9.17) is 9.52 Å². The van der Waals surface area contributed by atoms with Gasteiger partial charge in [0.25, 0.3) is 10.0 Å². The summed E-state index contributed by atoms with van der Waals surface area (Å²) in [6.45, 7) is 1.81. The van der Waals surface area contributed by atoms with Gasteiger partial charge in [0, 0.05) is 24.0 Å². The Morgan fingerprint density at radius 2 is 2.26 bits per heavy atom. The van der Waals surface area contributed by atoms with Crippen molar-refractivity contribution in [3.63, 3.8) is 0 Å². The number of sulfonamides is 1. The second-order valence-electron chi connectivity index (χ2n) is 5.41. The second-order valence-corrected chi connectivity index (χ2v) is 7.05. The number of aromatic carboxylic acids is 1. The number of rotatable bonds is 4. The van der Waals surface area contributed by atoms with E-state index >= 15 is 0 Å². The summed E-state index contributed by atoms with van der Waals surface area (Å²) in [7, 11) is -3.90. The fourth-order valence-electron chi connectivity index (χ4n) is 2.55. The summed E-state index contributed by atoms with van der Waals surface area (Å²) < 4.78 is 32.0. The van der Waals surface area contributed by atoms with E-state index in [1.54, 1.807) is 6.20 Å². The van der Waals surface area contributed by atoms with Crippen molar-refractivity contribution in [1.29, 1.82) is 0 Å². The molecule has 0 fully saturated rings. The van der Waals surface area contributed by atoms with Crippen molar-refractivity contribution >= 4 is 16.0 Å². The van der Waals surface area contributed by atoms with Gasteiger partial charge in [0.15, 0.2) is 0 Å². The van der Waals surface area contributed by atoms with E-state index < -0.39 is 21.1 Å². The molecule has 122 valence electrons. The number of hydrogen-bond donors (Lipinski definition) is 2. The predicted octanol–water partition coefficient (Wildman–Crippen LogP) is 0.912. The van der Waals surface area contributed by atoms with Crippen molar-refractivity contribution in [1.82, 2.24) is 14.7 Å². The summed E-state index contributed by atoms with van der Waals surface area (Å²) in [6, 6.07) is 0.686. The molecule has 2 N–H and O–H groups in total. The van der Waals surface area contributed by atoms with Crippen LogP contribution >= 0.6 is 0 Å². The molecule has 3 rings (SSSR count). The zero-order chi connectivity index (χ0) is 16.6. The van der Waals surface area contributed by atoms with Crippen LogP contribution < -0.4 is 4.72 Å². The van der Waals surface area contributed by atoms with Crippen LogP contribution in [0.1, 0.15) is 33.9 Å². The second kappa shape index (κ2) is 5.74. The van der Waals surface area contributed by atoms with E-state index in [1.165, 1.54) is 0 Å². The largest absolute Gasteiger partial charge is 0.478 e. The van der Waals surface area contributed by atoms with Gasteiger partial charge in [-0.1, -0.05) is 0 Å². The Kier molecular flexibility index (Phi) is 3.90. The van der Waals surface area contributed by atoms with E-state index in [0.717, 1.165) is 23.6 Å². The molecule has 1 aliphatic carbocycles. The Hall–Kier alpha value is -2.26. The standard InChI is InChI=1S/C14H15N3O5S/c1-8-15-6-9-4-11(2-3-12(9)16-8)17-23(20,21)13-5-10(7-22-13)14(18)19/h5-7,11,17H,2-4H2,1H3,(H,18,19). The van der Waals surface area contributed by atoms with E-state index in [9.17, 15) is 13.2 Å². The van der Waals surface area contributed by atoms with Gasteiger partial charge in [0.05, 0.1) is 5.56 Å². The molecule has 2 aromatic heterocycles. The maximum absolute atomic E-state index is 12.3. The lowest BCUT2D eigenvalue weighted by molar-refractivity contribution is 0.0696. The van der Waals surface area contributed by atoms with Crippen molar-refractivity contribution in [3.05, 3.63) is 41.2 Å². The highest BCUT2D eigenvalue weighted by atomic mass is 32.2. The maximum Gasteiger partial charge on any atom is 0.339 e. The number of carbonyl (C=O) groups is 1. The quantitative estimate of drug-likeness (QED) is 0.850. The van der Waals surface area contributed by atoms with Crippen molar-refractivity contribution in [2.45, 2.75) is 37.3 Å². The molecule has 0 amide bonds. The van der Waals surface area contributed by atoms with Crippen molar-refractivity contribution in [2.24, 2.45) is 0 Å². The Bertz CT molecular complexity index is 859. The maximum atomic E-state index is 12.3. The SMILES string of the molecule is Cc1ncc2c(n1)CCC(NS(=O)(=O)c1cc(C(=O)O)co1)C2. The first-order valence-corrected chi connectivity index (χ1v) is 8.49. The van der Waals surface area contributed by atoms with Gasteiger partial charge in [0.1, 0.15) is 12.1 Å². The average molecular weight is 337 g/mol. The number of carboxylic acid groups (broad SMARTS) is 1. The summed E-state index contributed by atoms with van der Waals surface area (Å²) in [4.78, 5) is 19.3. The molecule has 2 aromatic rings. The highest BCUT2D eigenvalue weighted by Crippen LogP contribution is 2.21. The molecule has 8 nitrogen and oxygen atoms in total. The third-order valence-corrected chi connectivity index (χ3v) is 5.07. The number of furan rings is 1. The topological polar surface area (TPSA) is 122 Å². The van der Waals surface area contributed by atoms with Crippen LogP contribution in [0.4, 0.5) is 0 Å². The van der Waals surface area contributed by atoms with E-state index in [0.29, 0.717) is 25.1 Å². The molecule has 0 saturated heterocycles. The third-order valence-electron chi connectivity index (χ3n) is 3.68. The van der Waals surface area contributed by atoms with Crippen LogP contribution in [0.15, 0.2) is 28.0 Å². The first-order chi connectivity index (χ1) is 10.8. The summed E-state index contributed by atoms with van der Waals surface area (Å²) >= 11 is 0. The molecule has 23 heavy (non-hydrogen) atoms. The molecular weight excluding hydrogens is 322 g/mol. The van der Waals surface area contributed by atoms with Crippen molar-refractivity contribution in [2.75, 3.05) is 0 Å². The van der Waals surface area contributed by atoms with E-state index in [-0.39, 0.29) is 11.6 Å². The van der Waals surface area contributed by atoms with E-state index in [2.05, 4.69) is 14.7 Å². The van der Waals surface area contributed by atoms with Gasteiger partial charge in [-0.3, -0.25) is 0 Å². The number of nitrogens with one attached hydrogen (secondary N) is 1. The number of carboxylic acids is 1. The molecule has 1 aliphatic rings. The number of hydrogen-bond acceptors (Lipinski definition) is 6. The van der Waals surface area contributed by atoms with Gasteiger partial charge in [-0.25, -0.2) is 27.9 Å². The van der Waals surface area contributed by atoms with Crippen LogP contribution in [0.2, 0.25) is 0 Å². The lowest BCUT2D eigenvalue weighted by Gasteiger charge is -2.24. The third kappa shape index (κ3) is 3.25. The summed E-state index contributed by atoms with van der Waals surface area (Å²) in [5.74, 6) is -0.547. The number of nitrogens with zero attached hydrogens (tertiary/aromatic N) is 2. The van der Waals surface area contributed by atoms with Gasteiger partial charge < -0.3 is 9.52 Å². The first-order valence-electron chi connectivity index (χ1n) is 7.01. The minimum atomic E-state index is -3.90. The Balaban J connectivity index is 1.76. The molecule has 0 spiro atoms. The average Bonchev–Trinajstić information content (AvgIpc) is 2.98. The highest BCUT2D eigenvalue weighted by molar-refractivity contribution is 7.89. The van der Waals surface area contributed by atoms with E-state index in [1.807, 2.05) is 6.92 Å². The van der Waals surface area contributed by atoms with Gasteiger partial charge in [-0.2, -0.15) is 0 Å². The first kappa shape index (κ1) is 15.6. The highest BCUT2D eigenvalue weighted by Gasteiger charge is 2.27. The lowest BCUT2D eigenvalue weighted by Crippen LogP contribution is -2.39. The lowest BCUT2D eigenvalue weighted by atomic mass is 9.93. The zero-order valence-electron chi connectivity index (χ0n) is 12.3. The fourth-order valence-corrected chi connectivity index (χ4v) is 3.77. The Morgan fingerprint density at radius 3 is 2.96 bits per heavy atom. The van der Waals surface area contributed by atoms with Crippen LogP contribution in [0.3, 0.4) is 0 Å². The molecule has 2 heterocycles. The fraction of sp³-hybridized carbons (Fsp3) is 0.357. The Labute approximate surface area is 132 Å². The minimum absolute atomic E-state index is 0.205. The number of fused-ring (bicyclic) bond motifs is 1. The zero-order valence-corrected chi connectivity index (χ0v) is 13.1. The molecule has 9 heteroatoms. The van der Waals surface area contributed by atoms with Gasteiger partial charge in [-0.05, 0) is 31.7 Å². The van der Waals surface area contributed by atoms with Crippen LogP contribution in [0.25, 0.3) is 0 Å². The Morgan fingerprint density at radius 1 is 1.48 bits per heavy atom. The summed E-state index contributed by atoms with van der Waals surface area (Å²) in [5, 5.41) is 8.43. The minimum Gasteiger partial charge on any atom is -0.478 e. The van der Waals surface area contributed by atoms with Gasteiger partial charge in [0.2, 0.25) is 5.09 Å². The molecule has 0 aliphatic heterocycles. The molecule has 0 aromatic carbocycles. The van der Waals surface area contributed by atoms with Crippen LogP contribution in [0.5, 0.6) is 0 Å². The molecule has 1 unspecified atom stereocenters. The number of aryl methyl sites for hydroxylation is 2. The van der Waals surface area contributed by atoms with Crippen molar-refractivity contribution in [3.8, 4) is 0 Å². The molecule has 0 radical (unpaired) electrons. The molecular formula is C14H15N3O5S. The summed E-state index contributed by atoms with van der Waals surface area (Å²) in [5.41, 5.74) is 1.66. The van der Waals surface area contributed by atoms with Crippen molar-refractivity contribution < 1.29 is 22.7 Å². The normalized spacial score (nSPS) is 17.7.